The number of sulfonamides is 1. The van der Waals surface area contributed by atoms with Crippen LogP contribution in [0.3, 0.4) is 0 Å². The molecule has 1 aliphatic rings. The monoisotopic (exact) mass is 314 g/mol. The highest BCUT2D eigenvalue weighted by molar-refractivity contribution is 7.89. The molecule has 1 saturated carbocycles. The number of nitrogens with zero attached hydrogens (tertiary/aromatic N) is 2. The van der Waals surface area contributed by atoms with Gasteiger partial charge in [0.25, 0.3) is 10.0 Å². The zero-order chi connectivity index (χ0) is 15.5. The van der Waals surface area contributed by atoms with Gasteiger partial charge in [0.15, 0.2) is 5.03 Å². The fraction of sp³-hybridized carbons (Fsp3) is 0.786. The van der Waals surface area contributed by atoms with Crippen molar-refractivity contribution in [2.75, 3.05) is 13.6 Å². The summed E-state index contributed by atoms with van der Waals surface area (Å²) in [6.45, 7) is 5.15. The van der Waals surface area contributed by atoms with E-state index in [1.165, 1.54) is 17.1 Å². The molecule has 120 valence electrons. The highest BCUT2D eigenvalue weighted by Crippen LogP contribution is 2.27. The van der Waals surface area contributed by atoms with E-state index in [1.54, 1.807) is 13.2 Å². The molecule has 1 heterocycles. The largest absolute Gasteiger partial charge is 0.310 e. The van der Waals surface area contributed by atoms with Crippen molar-refractivity contribution in [1.29, 1.82) is 0 Å². The summed E-state index contributed by atoms with van der Waals surface area (Å²) in [7, 11) is -1.83. The van der Waals surface area contributed by atoms with Gasteiger partial charge in [0.05, 0.1) is 6.20 Å². The SMILES string of the molecule is CC(C)NCc1cn[nH]c1S(=O)(=O)N(C)CC1CCCC1. The van der Waals surface area contributed by atoms with Gasteiger partial charge in [-0.3, -0.25) is 5.10 Å². The Balaban J connectivity index is 2.09. The van der Waals surface area contributed by atoms with Crippen LogP contribution in [-0.2, 0) is 16.6 Å². The summed E-state index contributed by atoms with van der Waals surface area (Å²) in [5.41, 5.74) is 0.696. The molecule has 1 fully saturated rings. The van der Waals surface area contributed by atoms with Crippen LogP contribution < -0.4 is 5.32 Å². The van der Waals surface area contributed by atoms with E-state index in [9.17, 15) is 8.42 Å². The summed E-state index contributed by atoms with van der Waals surface area (Å²) in [5, 5.41) is 10.0. The summed E-state index contributed by atoms with van der Waals surface area (Å²) < 4.78 is 26.8. The molecule has 21 heavy (non-hydrogen) atoms. The Morgan fingerprint density at radius 3 is 2.71 bits per heavy atom. The molecule has 0 unspecified atom stereocenters. The summed E-state index contributed by atoms with van der Waals surface area (Å²) in [6.07, 6.45) is 6.28. The summed E-state index contributed by atoms with van der Waals surface area (Å²) >= 11 is 0. The van der Waals surface area contributed by atoms with Crippen molar-refractivity contribution in [3.05, 3.63) is 11.8 Å². The number of hydrogen-bond acceptors (Lipinski definition) is 4. The van der Waals surface area contributed by atoms with Gasteiger partial charge < -0.3 is 5.32 Å². The second-order valence-corrected chi connectivity index (χ2v) is 8.18. The van der Waals surface area contributed by atoms with Crippen molar-refractivity contribution in [2.45, 2.75) is 57.1 Å². The maximum atomic E-state index is 12.7. The molecule has 0 aliphatic heterocycles. The van der Waals surface area contributed by atoms with Gasteiger partial charge in [-0.25, -0.2) is 8.42 Å². The van der Waals surface area contributed by atoms with E-state index in [0.717, 1.165) is 12.8 Å². The van der Waals surface area contributed by atoms with Gasteiger partial charge in [-0.05, 0) is 18.8 Å². The quantitative estimate of drug-likeness (QED) is 0.803. The molecular weight excluding hydrogens is 288 g/mol. The minimum atomic E-state index is -3.49. The predicted octanol–water partition coefficient (Wildman–Crippen LogP) is 1.72. The smallest absolute Gasteiger partial charge is 0.260 e. The molecule has 0 bridgehead atoms. The van der Waals surface area contributed by atoms with Gasteiger partial charge >= 0.3 is 0 Å². The number of H-pyrrole nitrogens is 1. The minimum Gasteiger partial charge on any atom is -0.310 e. The molecule has 0 radical (unpaired) electrons. The number of aromatic nitrogens is 2. The third-order valence-corrected chi connectivity index (χ3v) is 5.88. The lowest BCUT2D eigenvalue weighted by atomic mass is 10.1. The van der Waals surface area contributed by atoms with Crippen LogP contribution in [0.1, 0.15) is 45.1 Å². The van der Waals surface area contributed by atoms with Crippen LogP contribution in [0.25, 0.3) is 0 Å². The molecule has 0 spiro atoms. The van der Waals surface area contributed by atoms with Crippen molar-refractivity contribution in [1.82, 2.24) is 19.8 Å². The van der Waals surface area contributed by atoms with E-state index in [-0.39, 0.29) is 5.03 Å². The Morgan fingerprint density at radius 2 is 2.10 bits per heavy atom. The highest BCUT2D eigenvalue weighted by atomic mass is 32.2. The lowest BCUT2D eigenvalue weighted by Crippen LogP contribution is -2.32. The number of rotatable bonds is 7. The van der Waals surface area contributed by atoms with Crippen molar-refractivity contribution in [3.63, 3.8) is 0 Å². The van der Waals surface area contributed by atoms with E-state index in [2.05, 4.69) is 15.5 Å². The maximum absolute atomic E-state index is 12.7. The van der Waals surface area contributed by atoms with E-state index < -0.39 is 10.0 Å². The highest BCUT2D eigenvalue weighted by Gasteiger charge is 2.28. The van der Waals surface area contributed by atoms with Gasteiger partial charge in [0.2, 0.25) is 0 Å². The van der Waals surface area contributed by atoms with Crippen LogP contribution in [0.2, 0.25) is 0 Å². The lowest BCUT2D eigenvalue weighted by Gasteiger charge is -2.20. The molecule has 7 heteroatoms. The average molecular weight is 314 g/mol. The molecule has 2 rings (SSSR count). The normalized spacial score (nSPS) is 17.2. The Bertz CT molecular complexity index is 547. The first-order chi connectivity index (χ1) is 9.91. The second kappa shape index (κ2) is 6.89. The molecule has 1 aromatic heterocycles. The number of hydrogen-bond donors (Lipinski definition) is 2. The third-order valence-electron chi connectivity index (χ3n) is 4.04. The zero-order valence-electron chi connectivity index (χ0n) is 13.1. The molecule has 0 saturated heterocycles. The maximum Gasteiger partial charge on any atom is 0.260 e. The predicted molar refractivity (Wildman–Crippen MR) is 82.3 cm³/mol. The number of aromatic amines is 1. The standard InChI is InChI=1S/C14H26N4O2S/c1-11(2)15-8-13-9-16-17-14(13)21(19,20)18(3)10-12-6-4-5-7-12/h9,11-12,15H,4-8,10H2,1-3H3,(H,16,17). The van der Waals surface area contributed by atoms with Gasteiger partial charge in [-0.1, -0.05) is 26.7 Å². The third kappa shape index (κ3) is 4.05. The Morgan fingerprint density at radius 1 is 1.43 bits per heavy atom. The summed E-state index contributed by atoms with van der Waals surface area (Å²) in [5.74, 6) is 0.491. The summed E-state index contributed by atoms with van der Waals surface area (Å²) in [6, 6.07) is 0.298. The number of nitrogens with one attached hydrogen (secondary N) is 2. The van der Waals surface area contributed by atoms with Crippen LogP contribution in [0, 0.1) is 5.92 Å². The molecule has 0 aromatic carbocycles. The van der Waals surface area contributed by atoms with Crippen LogP contribution in [-0.4, -0.2) is 42.6 Å². The van der Waals surface area contributed by atoms with Gasteiger partial charge in [-0.15, -0.1) is 0 Å². The first-order valence-electron chi connectivity index (χ1n) is 7.63. The molecule has 2 N–H and O–H groups in total. The molecule has 1 aromatic rings. The molecule has 0 amide bonds. The Kier molecular flexibility index (Phi) is 5.40. The van der Waals surface area contributed by atoms with Crippen LogP contribution in [0.5, 0.6) is 0 Å². The van der Waals surface area contributed by atoms with Gasteiger partial charge in [0.1, 0.15) is 0 Å². The van der Waals surface area contributed by atoms with Crippen molar-refractivity contribution in [3.8, 4) is 0 Å². The zero-order valence-corrected chi connectivity index (χ0v) is 13.9. The van der Waals surface area contributed by atoms with E-state index in [0.29, 0.717) is 30.6 Å². The molecule has 0 atom stereocenters. The van der Waals surface area contributed by atoms with E-state index >= 15 is 0 Å². The van der Waals surface area contributed by atoms with Gasteiger partial charge in [0, 0.05) is 31.7 Å². The fourth-order valence-corrected chi connectivity index (χ4v) is 4.12. The first kappa shape index (κ1) is 16.5. The van der Waals surface area contributed by atoms with Crippen molar-refractivity contribution in [2.24, 2.45) is 5.92 Å². The Hall–Kier alpha value is -0.920. The minimum absolute atomic E-state index is 0.219. The second-order valence-electron chi connectivity index (χ2n) is 6.20. The van der Waals surface area contributed by atoms with Crippen molar-refractivity contribution >= 4 is 10.0 Å². The first-order valence-corrected chi connectivity index (χ1v) is 9.07. The van der Waals surface area contributed by atoms with Crippen molar-refractivity contribution < 1.29 is 8.42 Å². The van der Waals surface area contributed by atoms with Crippen LogP contribution in [0.4, 0.5) is 0 Å². The molecule has 1 aliphatic carbocycles. The lowest BCUT2D eigenvalue weighted by molar-refractivity contribution is 0.385. The van der Waals surface area contributed by atoms with Crippen LogP contribution >= 0.6 is 0 Å². The van der Waals surface area contributed by atoms with E-state index in [4.69, 9.17) is 0 Å². The summed E-state index contributed by atoms with van der Waals surface area (Å²) in [4.78, 5) is 0. The molecule has 6 nitrogen and oxygen atoms in total. The molecular formula is C14H26N4O2S. The van der Waals surface area contributed by atoms with Gasteiger partial charge in [-0.2, -0.15) is 9.40 Å². The average Bonchev–Trinajstić information content (AvgIpc) is 3.06. The Labute approximate surface area is 127 Å². The van der Waals surface area contributed by atoms with E-state index in [1.807, 2.05) is 13.8 Å². The van der Waals surface area contributed by atoms with Crippen LogP contribution in [0.15, 0.2) is 11.2 Å². The fourth-order valence-electron chi connectivity index (χ4n) is 2.77. The topological polar surface area (TPSA) is 78.1 Å².